The Labute approximate surface area is 176 Å². The second-order valence-corrected chi connectivity index (χ2v) is 9.38. The van der Waals surface area contributed by atoms with Gasteiger partial charge in [0.2, 0.25) is 0 Å². The number of nitrogens with one attached hydrogen (secondary N) is 1. The molecule has 1 aromatic heterocycles. The molecule has 0 atom stereocenters. The van der Waals surface area contributed by atoms with Gasteiger partial charge in [0, 0.05) is 30.4 Å². The monoisotopic (exact) mass is 426 g/mol. The fourth-order valence-corrected chi connectivity index (χ4v) is 4.66. The lowest BCUT2D eigenvalue weighted by molar-refractivity contribution is 0.00212. The first kappa shape index (κ1) is 20.6. The fraction of sp³-hybridized carbons (Fsp3) is 0.318. The number of pyridine rings is 1. The first-order valence-electron chi connectivity index (χ1n) is 9.97. The molecule has 0 aliphatic carbocycles. The molecule has 0 amide bonds. The van der Waals surface area contributed by atoms with Crippen molar-refractivity contribution in [1.82, 2.24) is 9.88 Å². The Balaban J connectivity index is 1.41. The maximum Gasteiger partial charge on any atom is 0.261 e. The van der Waals surface area contributed by atoms with Crippen LogP contribution in [0.1, 0.15) is 18.4 Å². The normalized spacial score (nSPS) is 16.0. The summed E-state index contributed by atoms with van der Waals surface area (Å²) in [5.74, 6) is 0.417. The highest BCUT2D eigenvalue weighted by Gasteiger charge is 2.18. The molecule has 158 valence electrons. The summed E-state index contributed by atoms with van der Waals surface area (Å²) in [6.07, 6.45) is 3.92. The largest absolute Gasteiger partial charge is 0.383 e. The number of rotatable bonds is 6. The lowest BCUT2D eigenvalue weighted by Gasteiger charge is -2.28. The SMILES string of the molecule is CN1CCC(OCc2ccc(S(=O)(=O)Nc3ccc4c(N)nccc4c3)cc2)CC1. The number of sulfonamides is 1. The number of piperidine rings is 1. The van der Waals surface area contributed by atoms with E-state index in [2.05, 4.69) is 21.7 Å². The van der Waals surface area contributed by atoms with Gasteiger partial charge in [-0.15, -0.1) is 0 Å². The van der Waals surface area contributed by atoms with Crippen LogP contribution in [0.15, 0.2) is 59.6 Å². The Morgan fingerprint density at radius 1 is 1.13 bits per heavy atom. The van der Waals surface area contributed by atoms with Crippen molar-refractivity contribution >= 4 is 32.3 Å². The molecular formula is C22H26N4O3S. The van der Waals surface area contributed by atoms with Crippen LogP contribution in [0.5, 0.6) is 0 Å². The second-order valence-electron chi connectivity index (χ2n) is 7.70. The summed E-state index contributed by atoms with van der Waals surface area (Å²) < 4.78 is 34.1. The highest BCUT2D eigenvalue weighted by molar-refractivity contribution is 7.92. The van der Waals surface area contributed by atoms with Crippen molar-refractivity contribution in [3.63, 3.8) is 0 Å². The third-order valence-corrected chi connectivity index (χ3v) is 6.83. The Kier molecular flexibility index (Phi) is 5.90. The maximum absolute atomic E-state index is 12.8. The third-order valence-electron chi connectivity index (χ3n) is 5.43. The van der Waals surface area contributed by atoms with Gasteiger partial charge in [-0.2, -0.15) is 0 Å². The van der Waals surface area contributed by atoms with Crippen molar-refractivity contribution in [1.29, 1.82) is 0 Å². The minimum absolute atomic E-state index is 0.208. The molecule has 1 saturated heterocycles. The van der Waals surface area contributed by atoms with E-state index in [4.69, 9.17) is 10.5 Å². The number of benzene rings is 2. The molecule has 0 bridgehead atoms. The van der Waals surface area contributed by atoms with E-state index >= 15 is 0 Å². The lowest BCUT2D eigenvalue weighted by Crippen LogP contribution is -2.34. The molecule has 1 fully saturated rings. The maximum atomic E-state index is 12.8. The number of hydrogen-bond donors (Lipinski definition) is 2. The molecule has 1 aliphatic rings. The summed E-state index contributed by atoms with van der Waals surface area (Å²) in [6.45, 7) is 2.58. The molecule has 8 heteroatoms. The van der Waals surface area contributed by atoms with E-state index in [-0.39, 0.29) is 11.0 Å². The average Bonchev–Trinajstić information content (AvgIpc) is 2.73. The van der Waals surface area contributed by atoms with Crippen LogP contribution in [-0.2, 0) is 21.4 Å². The molecule has 0 radical (unpaired) electrons. The highest BCUT2D eigenvalue weighted by Crippen LogP contribution is 2.24. The number of nitrogens with zero attached hydrogens (tertiary/aromatic N) is 2. The van der Waals surface area contributed by atoms with Crippen LogP contribution < -0.4 is 10.5 Å². The molecule has 3 N–H and O–H groups in total. The topological polar surface area (TPSA) is 97.5 Å². The van der Waals surface area contributed by atoms with E-state index in [1.165, 1.54) is 0 Å². The van der Waals surface area contributed by atoms with E-state index in [1.807, 2.05) is 0 Å². The summed E-state index contributed by atoms with van der Waals surface area (Å²) in [5.41, 5.74) is 7.29. The number of nitrogens with two attached hydrogens (primary N) is 1. The van der Waals surface area contributed by atoms with Gasteiger partial charge in [-0.25, -0.2) is 13.4 Å². The van der Waals surface area contributed by atoms with E-state index in [1.54, 1.807) is 54.7 Å². The number of nitrogen functional groups attached to an aromatic ring is 1. The van der Waals surface area contributed by atoms with E-state index in [0.29, 0.717) is 18.1 Å². The van der Waals surface area contributed by atoms with E-state index < -0.39 is 10.0 Å². The number of anilines is 2. The van der Waals surface area contributed by atoms with Gasteiger partial charge in [0.1, 0.15) is 5.82 Å². The molecule has 0 saturated carbocycles. The molecule has 30 heavy (non-hydrogen) atoms. The fourth-order valence-electron chi connectivity index (χ4n) is 3.61. The van der Waals surface area contributed by atoms with Crippen molar-refractivity contribution in [3.8, 4) is 0 Å². The van der Waals surface area contributed by atoms with Crippen molar-refractivity contribution in [2.45, 2.75) is 30.4 Å². The molecule has 7 nitrogen and oxygen atoms in total. The smallest absolute Gasteiger partial charge is 0.261 e. The Morgan fingerprint density at radius 3 is 2.60 bits per heavy atom. The third kappa shape index (κ3) is 4.72. The lowest BCUT2D eigenvalue weighted by atomic mass is 10.1. The second kappa shape index (κ2) is 8.59. The number of fused-ring (bicyclic) bond motifs is 1. The van der Waals surface area contributed by atoms with Gasteiger partial charge in [0.25, 0.3) is 10.0 Å². The summed E-state index contributed by atoms with van der Waals surface area (Å²) >= 11 is 0. The van der Waals surface area contributed by atoms with Gasteiger partial charge in [-0.1, -0.05) is 12.1 Å². The zero-order chi connectivity index (χ0) is 21.1. The van der Waals surface area contributed by atoms with Crippen molar-refractivity contribution in [2.24, 2.45) is 0 Å². The molecule has 1 aliphatic heterocycles. The van der Waals surface area contributed by atoms with Gasteiger partial charge >= 0.3 is 0 Å². The van der Waals surface area contributed by atoms with Crippen molar-refractivity contribution in [2.75, 3.05) is 30.6 Å². The number of hydrogen-bond acceptors (Lipinski definition) is 6. The van der Waals surface area contributed by atoms with Gasteiger partial charge < -0.3 is 15.4 Å². The van der Waals surface area contributed by atoms with Crippen LogP contribution in [0.25, 0.3) is 10.8 Å². The zero-order valence-corrected chi connectivity index (χ0v) is 17.7. The van der Waals surface area contributed by atoms with E-state index in [9.17, 15) is 8.42 Å². The van der Waals surface area contributed by atoms with Crippen LogP contribution in [0.3, 0.4) is 0 Å². The number of likely N-dealkylation sites (tertiary alicyclic amines) is 1. The summed E-state index contributed by atoms with van der Waals surface area (Å²) in [5, 5.41) is 1.61. The summed E-state index contributed by atoms with van der Waals surface area (Å²) in [4.78, 5) is 6.55. The highest BCUT2D eigenvalue weighted by atomic mass is 32.2. The van der Waals surface area contributed by atoms with Crippen molar-refractivity contribution < 1.29 is 13.2 Å². The zero-order valence-electron chi connectivity index (χ0n) is 16.9. The molecule has 2 aromatic carbocycles. The summed E-state index contributed by atoms with van der Waals surface area (Å²) in [6, 6.07) is 13.8. The summed E-state index contributed by atoms with van der Waals surface area (Å²) in [7, 11) is -1.57. The molecular weight excluding hydrogens is 400 g/mol. The van der Waals surface area contributed by atoms with Crippen LogP contribution in [0.4, 0.5) is 11.5 Å². The molecule has 0 unspecified atom stereocenters. The van der Waals surface area contributed by atoms with Crippen LogP contribution in [0.2, 0.25) is 0 Å². The van der Waals surface area contributed by atoms with Gasteiger partial charge in [0.05, 0.1) is 17.6 Å². The van der Waals surface area contributed by atoms with Crippen LogP contribution in [0, 0.1) is 0 Å². The van der Waals surface area contributed by atoms with Gasteiger partial charge in [-0.3, -0.25) is 4.72 Å². The molecule has 2 heterocycles. The number of ether oxygens (including phenoxy) is 1. The predicted octanol–water partition coefficient (Wildman–Crippen LogP) is 3.23. The standard InChI is InChI=1S/C22H26N4O3S/c1-26-12-9-19(10-13-26)29-15-16-2-5-20(6-3-16)30(27,28)25-18-4-7-21-17(14-18)8-11-24-22(21)23/h2-8,11,14,19,25H,9-10,12-13,15H2,1H3,(H2,23,24). The molecule has 0 spiro atoms. The first-order chi connectivity index (χ1) is 14.4. The molecule has 3 aromatic rings. The van der Waals surface area contributed by atoms with Crippen LogP contribution in [-0.4, -0.2) is 44.5 Å². The van der Waals surface area contributed by atoms with Crippen molar-refractivity contribution in [3.05, 3.63) is 60.3 Å². The molecule has 4 rings (SSSR count). The average molecular weight is 427 g/mol. The minimum Gasteiger partial charge on any atom is -0.383 e. The van der Waals surface area contributed by atoms with Gasteiger partial charge in [-0.05, 0) is 67.2 Å². The number of aromatic nitrogens is 1. The van der Waals surface area contributed by atoms with Gasteiger partial charge in [0.15, 0.2) is 0 Å². The Bertz CT molecular complexity index is 1120. The quantitative estimate of drug-likeness (QED) is 0.628. The Hall–Kier alpha value is -2.68. The predicted molar refractivity (Wildman–Crippen MR) is 119 cm³/mol. The van der Waals surface area contributed by atoms with Crippen LogP contribution >= 0.6 is 0 Å². The first-order valence-corrected chi connectivity index (χ1v) is 11.5. The Morgan fingerprint density at radius 2 is 1.87 bits per heavy atom. The minimum atomic E-state index is -3.69. The van der Waals surface area contributed by atoms with E-state index in [0.717, 1.165) is 42.3 Å².